The number of alkyl halides is 6. The van der Waals surface area contributed by atoms with Crippen LogP contribution in [0.2, 0.25) is 0 Å². The van der Waals surface area contributed by atoms with Gasteiger partial charge in [-0.3, -0.25) is 0 Å². The molecule has 0 fully saturated rings. The van der Waals surface area contributed by atoms with E-state index in [-0.39, 0.29) is 0 Å². The molecule has 0 aliphatic rings. The Morgan fingerprint density at radius 1 is 1.00 bits per heavy atom. The van der Waals surface area contributed by atoms with Crippen LogP contribution in [0.15, 0.2) is 18.2 Å². The highest BCUT2D eigenvalue weighted by Gasteiger charge is 2.39. The summed E-state index contributed by atoms with van der Waals surface area (Å²) >= 11 is 0. The molecule has 0 heterocycles. The zero-order chi connectivity index (χ0) is 13.4. The lowest BCUT2D eigenvalue weighted by Gasteiger charge is -2.18. The highest BCUT2D eigenvalue weighted by atomic mass is 19.4. The lowest BCUT2D eigenvalue weighted by Crippen LogP contribution is -2.29. The minimum atomic E-state index is -4.76. The average Bonchev–Trinajstić information content (AvgIpc) is 2.13. The van der Waals surface area contributed by atoms with Gasteiger partial charge in [-0.2, -0.15) is 26.3 Å². The molecule has 0 aliphatic carbocycles. The molecule has 1 aromatic carbocycles. The summed E-state index contributed by atoms with van der Waals surface area (Å²) in [6.45, 7) is 0. The van der Waals surface area contributed by atoms with Gasteiger partial charge in [-0.15, -0.1) is 0 Å². The SMILES string of the molecule is Nc1cc(C(F)(F)F)ccc1[C@@H](N)C(F)(F)F. The van der Waals surface area contributed by atoms with E-state index in [1.807, 2.05) is 0 Å². The lowest BCUT2D eigenvalue weighted by atomic mass is 10.0. The molecule has 0 unspecified atom stereocenters. The van der Waals surface area contributed by atoms with Crippen LogP contribution in [0, 0.1) is 0 Å². The van der Waals surface area contributed by atoms with Crippen molar-refractivity contribution in [3.05, 3.63) is 29.3 Å². The van der Waals surface area contributed by atoms with Gasteiger partial charge in [-0.1, -0.05) is 6.07 Å². The van der Waals surface area contributed by atoms with Crippen LogP contribution in [0.5, 0.6) is 0 Å². The van der Waals surface area contributed by atoms with Crippen LogP contribution < -0.4 is 11.5 Å². The van der Waals surface area contributed by atoms with Crippen molar-refractivity contribution < 1.29 is 26.3 Å². The van der Waals surface area contributed by atoms with Crippen LogP contribution in [0.25, 0.3) is 0 Å². The molecule has 1 aromatic rings. The predicted octanol–water partition coefficient (Wildman–Crippen LogP) is 2.85. The molecule has 1 atom stereocenters. The van der Waals surface area contributed by atoms with E-state index in [9.17, 15) is 26.3 Å². The fourth-order valence-corrected chi connectivity index (χ4v) is 1.21. The second-order valence-corrected chi connectivity index (χ2v) is 3.36. The second-order valence-electron chi connectivity index (χ2n) is 3.36. The Morgan fingerprint density at radius 2 is 1.53 bits per heavy atom. The third kappa shape index (κ3) is 3.02. The summed E-state index contributed by atoms with van der Waals surface area (Å²) in [5, 5.41) is 0. The van der Waals surface area contributed by atoms with Gasteiger partial charge in [0.05, 0.1) is 5.56 Å². The quantitative estimate of drug-likeness (QED) is 0.601. The van der Waals surface area contributed by atoms with E-state index in [2.05, 4.69) is 0 Å². The van der Waals surface area contributed by atoms with Crippen molar-refractivity contribution in [3.8, 4) is 0 Å². The summed E-state index contributed by atoms with van der Waals surface area (Å²) in [7, 11) is 0. The number of nitrogens with two attached hydrogens (primary N) is 2. The molecule has 0 aliphatic heterocycles. The second kappa shape index (κ2) is 4.10. The molecule has 17 heavy (non-hydrogen) atoms. The maximum atomic E-state index is 12.2. The first-order valence-corrected chi connectivity index (χ1v) is 4.32. The number of hydrogen-bond donors (Lipinski definition) is 2. The van der Waals surface area contributed by atoms with Crippen LogP contribution in [-0.4, -0.2) is 6.18 Å². The van der Waals surface area contributed by atoms with Gasteiger partial charge in [-0.05, 0) is 12.1 Å². The van der Waals surface area contributed by atoms with Crippen LogP contribution in [-0.2, 0) is 6.18 Å². The zero-order valence-electron chi connectivity index (χ0n) is 8.23. The molecule has 0 saturated heterocycles. The minimum absolute atomic E-state index is 0.431. The molecule has 4 N–H and O–H groups in total. The molecule has 0 aromatic heterocycles. The molecule has 0 saturated carbocycles. The summed E-state index contributed by atoms with van der Waals surface area (Å²) in [5.41, 5.74) is 7.65. The number of rotatable bonds is 1. The monoisotopic (exact) mass is 258 g/mol. The molecular weight excluding hydrogens is 250 g/mol. The number of nitrogen functional groups attached to an aromatic ring is 1. The lowest BCUT2D eigenvalue weighted by molar-refractivity contribution is -0.149. The largest absolute Gasteiger partial charge is 0.416 e. The molecule has 1 rings (SSSR count). The van der Waals surface area contributed by atoms with Crippen LogP contribution in [0.4, 0.5) is 32.0 Å². The Morgan fingerprint density at radius 3 is 1.88 bits per heavy atom. The van der Waals surface area contributed by atoms with Gasteiger partial charge < -0.3 is 11.5 Å². The van der Waals surface area contributed by atoms with Gasteiger partial charge in [0.2, 0.25) is 0 Å². The summed E-state index contributed by atoms with van der Waals surface area (Å²) in [4.78, 5) is 0. The van der Waals surface area contributed by atoms with Crippen molar-refractivity contribution in [1.29, 1.82) is 0 Å². The van der Waals surface area contributed by atoms with E-state index in [1.54, 1.807) is 0 Å². The van der Waals surface area contributed by atoms with E-state index in [4.69, 9.17) is 11.5 Å². The Hall–Kier alpha value is -1.44. The molecular formula is C9H8F6N2. The summed E-state index contributed by atoms with van der Waals surface area (Å²) in [5.74, 6) is 0. The first-order chi connectivity index (χ1) is 7.53. The first-order valence-electron chi connectivity index (χ1n) is 4.32. The van der Waals surface area contributed by atoms with E-state index in [0.29, 0.717) is 18.2 Å². The maximum Gasteiger partial charge on any atom is 0.416 e. The summed E-state index contributed by atoms with van der Waals surface area (Å²) in [6, 6.07) is -0.820. The highest BCUT2D eigenvalue weighted by molar-refractivity contribution is 5.51. The summed E-state index contributed by atoms with van der Waals surface area (Å²) in [6.07, 6.45) is -9.41. The van der Waals surface area contributed by atoms with E-state index in [0.717, 1.165) is 0 Å². The van der Waals surface area contributed by atoms with Crippen LogP contribution in [0.3, 0.4) is 0 Å². The van der Waals surface area contributed by atoms with Crippen LogP contribution in [0.1, 0.15) is 17.2 Å². The van der Waals surface area contributed by atoms with Gasteiger partial charge in [-0.25, -0.2) is 0 Å². The predicted molar refractivity (Wildman–Crippen MR) is 48.8 cm³/mol. The maximum absolute atomic E-state index is 12.2. The number of halogens is 6. The van der Waals surface area contributed by atoms with Gasteiger partial charge in [0.15, 0.2) is 0 Å². The number of anilines is 1. The molecule has 96 valence electrons. The molecule has 0 spiro atoms. The standard InChI is InChI=1S/C9H8F6N2/c10-8(11,12)4-1-2-5(6(16)3-4)7(17)9(13,14)15/h1-3,7H,16-17H2/t7-/m1/s1. The van der Waals surface area contributed by atoms with Gasteiger partial charge in [0.25, 0.3) is 0 Å². The molecule has 2 nitrogen and oxygen atoms in total. The van der Waals surface area contributed by atoms with Crippen molar-refractivity contribution >= 4 is 5.69 Å². The van der Waals surface area contributed by atoms with Gasteiger partial charge >= 0.3 is 12.4 Å². The Labute approximate surface area is 92.2 Å². The Balaban J connectivity index is 3.15. The van der Waals surface area contributed by atoms with E-state index >= 15 is 0 Å². The number of benzene rings is 1. The number of hydrogen-bond acceptors (Lipinski definition) is 2. The summed E-state index contributed by atoms with van der Waals surface area (Å²) < 4.78 is 73.4. The third-order valence-corrected chi connectivity index (χ3v) is 2.10. The van der Waals surface area contributed by atoms with E-state index < -0.39 is 35.2 Å². The smallest absolute Gasteiger partial charge is 0.398 e. The fraction of sp³-hybridized carbons (Fsp3) is 0.333. The van der Waals surface area contributed by atoms with E-state index in [1.165, 1.54) is 0 Å². The Kier molecular flexibility index (Phi) is 3.28. The van der Waals surface area contributed by atoms with Crippen molar-refractivity contribution in [2.24, 2.45) is 5.73 Å². The van der Waals surface area contributed by atoms with Crippen molar-refractivity contribution in [2.75, 3.05) is 5.73 Å². The van der Waals surface area contributed by atoms with Gasteiger partial charge in [0.1, 0.15) is 6.04 Å². The first kappa shape index (κ1) is 13.6. The fourth-order valence-electron chi connectivity index (χ4n) is 1.21. The van der Waals surface area contributed by atoms with Crippen molar-refractivity contribution in [3.63, 3.8) is 0 Å². The molecule has 8 heteroatoms. The van der Waals surface area contributed by atoms with Crippen molar-refractivity contribution in [2.45, 2.75) is 18.4 Å². The molecule has 0 bridgehead atoms. The average molecular weight is 258 g/mol. The Bertz CT molecular complexity index is 409. The topological polar surface area (TPSA) is 52.0 Å². The highest BCUT2D eigenvalue weighted by Crippen LogP contribution is 2.36. The third-order valence-electron chi connectivity index (χ3n) is 2.10. The zero-order valence-corrected chi connectivity index (χ0v) is 8.23. The van der Waals surface area contributed by atoms with Gasteiger partial charge in [0, 0.05) is 11.3 Å². The molecule has 0 amide bonds. The van der Waals surface area contributed by atoms with Crippen LogP contribution >= 0.6 is 0 Å². The normalized spacial score (nSPS) is 14.8. The molecule has 0 radical (unpaired) electrons. The minimum Gasteiger partial charge on any atom is -0.398 e. The van der Waals surface area contributed by atoms with Crippen molar-refractivity contribution in [1.82, 2.24) is 0 Å².